The van der Waals surface area contributed by atoms with Crippen LogP contribution in [0.3, 0.4) is 0 Å². The molecule has 0 aliphatic carbocycles. The second-order valence-corrected chi connectivity index (χ2v) is 7.91. The van der Waals surface area contributed by atoms with Crippen LogP contribution in [-0.2, 0) is 11.3 Å². The predicted molar refractivity (Wildman–Crippen MR) is 133 cm³/mol. The van der Waals surface area contributed by atoms with Gasteiger partial charge < -0.3 is 20.4 Å². The summed E-state index contributed by atoms with van der Waals surface area (Å²) >= 11 is 0. The number of amides is 3. The first-order chi connectivity index (χ1) is 17.1. The van der Waals surface area contributed by atoms with E-state index in [1.807, 2.05) is 48.5 Å². The zero-order valence-electron chi connectivity index (χ0n) is 18.9. The maximum atomic E-state index is 12.7. The van der Waals surface area contributed by atoms with E-state index >= 15 is 0 Å². The van der Waals surface area contributed by atoms with Gasteiger partial charge in [-0.25, -0.2) is 0 Å². The van der Waals surface area contributed by atoms with Gasteiger partial charge in [-0.2, -0.15) is 0 Å². The number of carbonyl (C=O) groups excluding carboxylic acids is 3. The van der Waals surface area contributed by atoms with Gasteiger partial charge in [-0.15, -0.1) is 0 Å². The van der Waals surface area contributed by atoms with Crippen molar-refractivity contribution in [2.24, 2.45) is 0 Å². The van der Waals surface area contributed by atoms with Gasteiger partial charge >= 0.3 is 0 Å². The first-order valence-corrected chi connectivity index (χ1v) is 11.2. The minimum absolute atomic E-state index is 0.0971. The minimum atomic E-state index is -0.469. The minimum Gasteiger partial charge on any atom is -0.459 e. The quantitative estimate of drug-likeness (QED) is 0.332. The van der Waals surface area contributed by atoms with E-state index in [9.17, 15) is 14.4 Å². The van der Waals surface area contributed by atoms with E-state index in [4.69, 9.17) is 4.42 Å². The van der Waals surface area contributed by atoms with Crippen molar-refractivity contribution < 1.29 is 18.8 Å². The van der Waals surface area contributed by atoms with Crippen LogP contribution in [0, 0.1) is 0 Å². The Balaban J connectivity index is 1.33. The van der Waals surface area contributed by atoms with Crippen molar-refractivity contribution in [1.29, 1.82) is 0 Å². The number of benzene rings is 3. The van der Waals surface area contributed by atoms with Gasteiger partial charge in [0.15, 0.2) is 5.76 Å². The first-order valence-electron chi connectivity index (χ1n) is 11.2. The number of rotatable bonds is 9. The SMILES string of the molecule is O=C(CC(NC(=O)c1ccccc1)c1ccccc1)NCc1ccc(NC(=O)c2ccco2)cc1. The summed E-state index contributed by atoms with van der Waals surface area (Å²) in [5, 5.41) is 8.62. The lowest BCUT2D eigenvalue weighted by molar-refractivity contribution is -0.121. The molecule has 0 bridgehead atoms. The molecule has 0 saturated heterocycles. The molecule has 1 atom stereocenters. The van der Waals surface area contributed by atoms with E-state index in [-0.39, 0.29) is 29.9 Å². The number of anilines is 1. The van der Waals surface area contributed by atoms with Crippen molar-refractivity contribution >= 4 is 23.4 Å². The van der Waals surface area contributed by atoms with Crippen LogP contribution in [0.25, 0.3) is 0 Å². The Labute approximate surface area is 203 Å². The normalized spacial score (nSPS) is 11.3. The van der Waals surface area contributed by atoms with E-state index in [1.165, 1.54) is 6.26 Å². The summed E-state index contributed by atoms with van der Waals surface area (Å²) in [4.78, 5) is 37.5. The molecular formula is C28H25N3O4. The average Bonchev–Trinajstić information content (AvgIpc) is 3.44. The standard InChI is InChI=1S/C28H25N3O4/c32-26(29-19-20-13-15-23(16-14-20)30-28(34)25-12-7-17-35-25)18-24(21-8-3-1-4-9-21)31-27(33)22-10-5-2-6-11-22/h1-17,24H,18-19H2,(H,29,32)(H,30,34)(H,31,33). The van der Waals surface area contributed by atoms with Crippen molar-refractivity contribution in [3.63, 3.8) is 0 Å². The Hall–Kier alpha value is -4.65. The second-order valence-electron chi connectivity index (χ2n) is 7.91. The first kappa shape index (κ1) is 23.5. The molecule has 0 fully saturated rings. The lowest BCUT2D eigenvalue weighted by Gasteiger charge is -2.19. The van der Waals surface area contributed by atoms with E-state index in [1.54, 1.807) is 48.5 Å². The molecule has 1 heterocycles. The summed E-state index contributed by atoms with van der Waals surface area (Å²) in [6, 6.07) is 28.3. The van der Waals surface area contributed by atoms with E-state index in [0.29, 0.717) is 17.8 Å². The molecule has 35 heavy (non-hydrogen) atoms. The lowest BCUT2D eigenvalue weighted by atomic mass is 10.0. The Morgan fingerprint density at radius 3 is 2.09 bits per heavy atom. The molecule has 3 aromatic carbocycles. The molecule has 7 heteroatoms. The Morgan fingerprint density at radius 1 is 0.743 bits per heavy atom. The van der Waals surface area contributed by atoms with E-state index in [2.05, 4.69) is 16.0 Å². The highest BCUT2D eigenvalue weighted by Gasteiger charge is 2.19. The molecule has 0 radical (unpaired) electrons. The van der Waals surface area contributed by atoms with Crippen molar-refractivity contribution in [1.82, 2.24) is 10.6 Å². The molecule has 7 nitrogen and oxygen atoms in total. The van der Waals surface area contributed by atoms with Crippen molar-refractivity contribution in [3.05, 3.63) is 126 Å². The number of hydrogen-bond donors (Lipinski definition) is 3. The molecule has 3 N–H and O–H groups in total. The fourth-order valence-electron chi connectivity index (χ4n) is 3.53. The van der Waals surface area contributed by atoms with Crippen LogP contribution in [-0.4, -0.2) is 17.7 Å². The number of hydrogen-bond acceptors (Lipinski definition) is 4. The maximum absolute atomic E-state index is 12.7. The van der Waals surface area contributed by atoms with Crippen LogP contribution in [0.4, 0.5) is 5.69 Å². The van der Waals surface area contributed by atoms with Gasteiger partial charge in [0.05, 0.1) is 18.7 Å². The lowest BCUT2D eigenvalue weighted by Crippen LogP contribution is -2.33. The summed E-state index contributed by atoms with van der Waals surface area (Å²) < 4.78 is 5.08. The summed E-state index contributed by atoms with van der Waals surface area (Å²) in [6.45, 7) is 0.319. The third-order valence-corrected chi connectivity index (χ3v) is 5.38. The zero-order chi connectivity index (χ0) is 24.5. The number of carbonyl (C=O) groups is 3. The topological polar surface area (TPSA) is 100 Å². The Morgan fingerprint density at radius 2 is 1.43 bits per heavy atom. The highest BCUT2D eigenvalue weighted by atomic mass is 16.3. The highest BCUT2D eigenvalue weighted by Crippen LogP contribution is 2.18. The van der Waals surface area contributed by atoms with Crippen molar-refractivity contribution in [2.45, 2.75) is 19.0 Å². The third-order valence-electron chi connectivity index (χ3n) is 5.38. The van der Waals surface area contributed by atoms with Gasteiger partial charge in [-0.1, -0.05) is 60.7 Å². The van der Waals surface area contributed by atoms with Crippen molar-refractivity contribution in [3.8, 4) is 0 Å². The monoisotopic (exact) mass is 467 g/mol. The molecule has 4 aromatic rings. The molecule has 1 unspecified atom stereocenters. The summed E-state index contributed by atoms with van der Waals surface area (Å²) in [5.74, 6) is -0.531. The fourth-order valence-corrected chi connectivity index (χ4v) is 3.53. The molecule has 4 rings (SSSR count). The van der Waals surface area contributed by atoms with Gasteiger partial charge in [-0.3, -0.25) is 14.4 Å². The van der Waals surface area contributed by atoms with Gasteiger partial charge in [0.1, 0.15) is 0 Å². The largest absolute Gasteiger partial charge is 0.459 e. The summed E-state index contributed by atoms with van der Waals surface area (Å²) in [7, 11) is 0. The van der Waals surface area contributed by atoms with Crippen LogP contribution in [0.5, 0.6) is 0 Å². The van der Waals surface area contributed by atoms with Gasteiger partial charge in [0.25, 0.3) is 11.8 Å². The van der Waals surface area contributed by atoms with Crippen LogP contribution in [0.1, 0.15) is 44.5 Å². The highest BCUT2D eigenvalue weighted by molar-refractivity contribution is 6.02. The summed E-state index contributed by atoms with van der Waals surface area (Å²) in [5.41, 5.74) is 2.88. The Bertz CT molecular complexity index is 1250. The molecule has 0 spiro atoms. The smallest absolute Gasteiger partial charge is 0.291 e. The van der Waals surface area contributed by atoms with Crippen LogP contribution < -0.4 is 16.0 Å². The van der Waals surface area contributed by atoms with E-state index < -0.39 is 6.04 Å². The van der Waals surface area contributed by atoms with Gasteiger partial charge in [-0.05, 0) is 47.5 Å². The van der Waals surface area contributed by atoms with Crippen LogP contribution in [0.2, 0.25) is 0 Å². The molecule has 0 aliphatic rings. The Kier molecular flexibility index (Phi) is 7.70. The fraction of sp³-hybridized carbons (Fsp3) is 0.107. The molecule has 0 saturated carbocycles. The molecule has 0 aliphatic heterocycles. The molecule has 1 aromatic heterocycles. The van der Waals surface area contributed by atoms with Crippen LogP contribution >= 0.6 is 0 Å². The molecule has 3 amide bonds. The van der Waals surface area contributed by atoms with Crippen molar-refractivity contribution in [2.75, 3.05) is 5.32 Å². The zero-order valence-corrected chi connectivity index (χ0v) is 18.9. The number of nitrogens with one attached hydrogen (secondary N) is 3. The average molecular weight is 468 g/mol. The van der Waals surface area contributed by atoms with E-state index in [0.717, 1.165) is 11.1 Å². The van der Waals surface area contributed by atoms with Crippen LogP contribution in [0.15, 0.2) is 108 Å². The molecular weight excluding hydrogens is 442 g/mol. The third kappa shape index (κ3) is 6.68. The number of furan rings is 1. The van der Waals surface area contributed by atoms with Gasteiger partial charge in [0.2, 0.25) is 5.91 Å². The van der Waals surface area contributed by atoms with Gasteiger partial charge in [0, 0.05) is 17.8 Å². The maximum Gasteiger partial charge on any atom is 0.291 e. The summed E-state index contributed by atoms with van der Waals surface area (Å²) in [6.07, 6.45) is 1.54. The predicted octanol–water partition coefficient (Wildman–Crippen LogP) is 4.71. The molecule has 176 valence electrons. The second kappa shape index (κ2) is 11.5.